The fraction of sp³-hybridized carbons (Fsp3) is 0.286. The van der Waals surface area contributed by atoms with Gasteiger partial charge in [-0.2, -0.15) is 0 Å². The van der Waals surface area contributed by atoms with E-state index in [1.807, 2.05) is 25.1 Å². The quantitative estimate of drug-likeness (QED) is 0.653. The summed E-state index contributed by atoms with van der Waals surface area (Å²) in [7, 11) is 0. The van der Waals surface area contributed by atoms with Crippen LogP contribution in [0.3, 0.4) is 0 Å². The van der Waals surface area contributed by atoms with Gasteiger partial charge in [-0.25, -0.2) is 15.0 Å². The Bertz CT molecular complexity index is 910. The van der Waals surface area contributed by atoms with Gasteiger partial charge in [0.25, 0.3) is 0 Å². The molecule has 3 aromatic rings. The third kappa shape index (κ3) is 3.99. The first-order valence-electron chi connectivity index (χ1n) is 8.81. The maximum atomic E-state index is 10.4. The van der Waals surface area contributed by atoms with Crippen LogP contribution in [0.1, 0.15) is 30.9 Å². The minimum atomic E-state index is 0.0942. The van der Waals surface area contributed by atoms with Gasteiger partial charge in [-0.1, -0.05) is 37.1 Å². The molecular weight excluding hydrogens is 326 g/mol. The van der Waals surface area contributed by atoms with E-state index >= 15 is 0 Å². The summed E-state index contributed by atoms with van der Waals surface area (Å²) in [4.78, 5) is 13.1. The lowest BCUT2D eigenvalue weighted by molar-refractivity contribution is 0.307. The van der Waals surface area contributed by atoms with Crippen LogP contribution in [0.25, 0.3) is 22.8 Å². The number of aromatic hydroxyl groups is 1. The van der Waals surface area contributed by atoms with Crippen molar-refractivity contribution in [2.75, 3.05) is 6.61 Å². The molecule has 0 atom stereocenters. The van der Waals surface area contributed by atoms with Crippen LogP contribution in [0.4, 0.5) is 0 Å². The second kappa shape index (κ2) is 7.95. The maximum Gasteiger partial charge on any atom is 0.167 e. The molecule has 0 unspecified atom stereocenters. The van der Waals surface area contributed by atoms with E-state index in [9.17, 15) is 5.11 Å². The molecule has 0 fully saturated rings. The Kier molecular flexibility index (Phi) is 5.46. The average molecular weight is 349 g/mol. The van der Waals surface area contributed by atoms with Gasteiger partial charge >= 0.3 is 0 Å². The average Bonchev–Trinajstić information content (AvgIpc) is 2.62. The number of unbranched alkanes of at least 4 members (excludes halogenated alkanes) is 1. The largest absolute Gasteiger partial charge is 0.507 e. The first kappa shape index (κ1) is 17.9. The van der Waals surface area contributed by atoms with E-state index in [1.165, 1.54) is 11.9 Å². The van der Waals surface area contributed by atoms with Crippen molar-refractivity contribution in [3.05, 3.63) is 53.9 Å². The van der Waals surface area contributed by atoms with Gasteiger partial charge in [0.15, 0.2) is 11.6 Å². The fourth-order valence-corrected chi connectivity index (χ4v) is 2.74. The number of aryl methyl sites for hydroxylation is 2. The highest BCUT2D eigenvalue weighted by atomic mass is 16.5. The third-order valence-electron chi connectivity index (χ3n) is 4.17. The predicted molar refractivity (Wildman–Crippen MR) is 102 cm³/mol. The standard InChI is InChI=1S/C21H23N3O2/c1-4-5-10-26-16-7-9-18(19(25)12-16)21-23-13-22-20(24-21)17-8-6-14(2)11-15(17)3/h6-9,11-13,25H,4-5,10H2,1-3H3. The molecule has 5 nitrogen and oxygen atoms in total. The minimum Gasteiger partial charge on any atom is -0.507 e. The monoisotopic (exact) mass is 349 g/mol. The second-order valence-electron chi connectivity index (χ2n) is 6.33. The Morgan fingerprint density at radius 3 is 2.38 bits per heavy atom. The molecule has 0 spiro atoms. The van der Waals surface area contributed by atoms with Crippen LogP contribution in [0.5, 0.6) is 11.5 Å². The topological polar surface area (TPSA) is 68.1 Å². The number of benzene rings is 2. The van der Waals surface area contributed by atoms with E-state index in [1.54, 1.807) is 12.1 Å². The van der Waals surface area contributed by atoms with Crippen molar-refractivity contribution in [1.82, 2.24) is 15.0 Å². The molecule has 0 aliphatic rings. The summed E-state index contributed by atoms with van der Waals surface area (Å²) >= 11 is 0. The Hall–Kier alpha value is -2.95. The zero-order valence-corrected chi connectivity index (χ0v) is 15.4. The number of hydrogen-bond donors (Lipinski definition) is 1. The normalized spacial score (nSPS) is 10.7. The highest BCUT2D eigenvalue weighted by Crippen LogP contribution is 2.31. The van der Waals surface area contributed by atoms with Gasteiger partial charge < -0.3 is 9.84 Å². The number of phenols is 1. The smallest absolute Gasteiger partial charge is 0.167 e. The Morgan fingerprint density at radius 2 is 1.69 bits per heavy atom. The van der Waals surface area contributed by atoms with Gasteiger partial charge in [0.1, 0.15) is 17.8 Å². The Labute approximate surface area is 153 Å². The number of nitrogens with zero attached hydrogens (tertiary/aromatic N) is 3. The summed E-state index contributed by atoms with van der Waals surface area (Å²) in [6.45, 7) is 6.83. The molecule has 0 saturated heterocycles. The number of hydrogen-bond acceptors (Lipinski definition) is 5. The minimum absolute atomic E-state index is 0.0942. The van der Waals surface area contributed by atoms with E-state index in [2.05, 4.69) is 34.9 Å². The summed E-state index contributed by atoms with van der Waals surface area (Å²) in [6, 6.07) is 11.3. The number of ether oxygens (including phenoxy) is 1. The van der Waals surface area contributed by atoms with Crippen molar-refractivity contribution >= 4 is 0 Å². The lowest BCUT2D eigenvalue weighted by atomic mass is 10.1. The molecule has 0 aliphatic carbocycles. The Morgan fingerprint density at radius 1 is 0.962 bits per heavy atom. The molecule has 134 valence electrons. The maximum absolute atomic E-state index is 10.4. The molecule has 5 heteroatoms. The van der Waals surface area contributed by atoms with Crippen molar-refractivity contribution in [2.24, 2.45) is 0 Å². The molecule has 0 aliphatic heterocycles. The van der Waals surface area contributed by atoms with Crippen LogP contribution in [0, 0.1) is 13.8 Å². The molecule has 26 heavy (non-hydrogen) atoms. The molecular formula is C21H23N3O2. The van der Waals surface area contributed by atoms with Crippen LogP contribution in [-0.4, -0.2) is 26.7 Å². The first-order chi connectivity index (χ1) is 12.6. The van der Waals surface area contributed by atoms with Crippen LogP contribution >= 0.6 is 0 Å². The lowest BCUT2D eigenvalue weighted by Gasteiger charge is -2.10. The summed E-state index contributed by atoms with van der Waals surface area (Å²) in [5.74, 6) is 1.77. The van der Waals surface area contributed by atoms with Crippen molar-refractivity contribution in [3.8, 4) is 34.3 Å². The SMILES string of the molecule is CCCCOc1ccc(-c2ncnc(-c3ccc(C)cc3C)n2)c(O)c1. The third-order valence-corrected chi connectivity index (χ3v) is 4.17. The van der Waals surface area contributed by atoms with Gasteiger partial charge in [0, 0.05) is 11.6 Å². The summed E-state index contributed by atoms with van der Waals surface area (Å²) < 4.78 is 5.62. The fourth-order valence-electron chi connectivity index (χ4n) is 2.74. The molecule has 0 amide bonds. The van der Waals surface area contributed by atoms with Gasteiger partial charge in [-0.3, -0.25) is 0 Å². The molecule has 1 aromatic heterocycles. The van der Waals surface area contributed by atoms with E-state index in [-0.39, 0.29) is 5.75 Å². The summed E-state index contributed by atoms with van der Waals surface area (Å²) in [6.07, 6.45) is 3.52. The highest BCUT2D eigenvalue weighted by Gasteiger charge is 2.12. The molecule has 0 saturated carbocycles. The van der Waals surface area contributed by atoms with Gasteiger partial charge in [-0.05, 0) is 38.0 Å². The van der Waals surface area contributed by atoms with E-state index < -0.39 is 0 Å². The molecule has 1 N–H and O–H groups in total. The van der Waals surface area contributed by atoms with E-state index in [0.29, 0.717) is 29.6 Å². The van der Waals surface area contributed by atoms with E-state index in [0.717, 1.165) is 24.0 Å². The summed E-state index contributed by atoms with van der Waals surface area (Å²) in [5, 5.41) is 10.4. The van der Waals surface area contributed by atoms with Crippen molar-refractivity contribution in [1.29, 1.82) is 0 Å². The molecule has 2 aromatic carbocycles. The van der Waals surface area contributed by atoms with Crippen LogP contribution < -0.4 is 4.74 Å². The molecule has 1 heterocycles. The number of phenolic OH excluding ortho intramolecular Hbond substituents is 1. The highest BCUT2D eigenvalue weighted by molar-refractivity contribution is 5.68. The van der Waals surface area contributed by atoms with Gasteiger partial charge in [-0.15, -0.1) is 0 Å². The van der Waals surface area contributed by atoms with Crippen LogP contribution in [-0.2, 0) is 0 Å². The van der Waals surface area contributed by atoms with Crippen molar-refractivity contribution in [3.63, 3.8) is 0 Å². The van der Waals surface area contributed by atoms with Crippen LogP contribution in [0.15, 0.2) is 42.7 Å². The van der Waals surface area contributed by atoms with Crippen LogP contribution in [0.2, 0.25) is 0 Å². The zero-order chi connectivity index (χ0) is 18.5. The first-order valence-corrected chi connectivity index (χ1v) is 8.81. The second-order valence-corrected chi connectivity index (χ2v) is 6.33. The van der Waals surface area contributed by atoms with Gasteiger partial charge in [0.05, 0.1) is 12.2 Å². The predicted octanol–water partition coefficient (Wildman–Crippen LogP) is 4.71. The summed E-state index contributed by atoms with van der Waals surface area (Å²) in [5.41, 5.74) is 3.81. The molecule has 3 rings (SSSR count). The number of rotatable bonds is 6. The van der Waals surface area contributed by atoms with Crippen molar-refractivity contribution in [2.45, 2.75) is 33.6 Å². The number of aromatic nitrogens is 3. The zero-order valence-electron chi connectivity index (χ0n) is 15.4. The lowest BCUT2D eigenvalue weighted by Crippen LogP contribution is -1.98. The van der Waals surface area contributed by atoms with Gasteiger partial charge in [0.2, 0.25) is 0 Å². The molecule has 0 radical (unpaired) electrons. The van der Waals surface area contributed by atoms with Crippen molar-refractivity contribution < 1.29 is 9.84 Å². The Balaban J connectivity index is 1.90. The van der Waals surface area contributed by atoms with E-state index in [4.69, 9.17) is 4.74 Å². The molecule has 0 bridgehead atoms.